The predicted molar refractivity (Wildman–Crippen MR) is 54.0 cm³/mol. The third-order valence-electron chi connectivity index (χ3n) is 2.43. The fourth-order valence-electron chi connectivity index (χ4n) is 1.76. The van der Waals surface area contributed by atoms with Crippen LogP contribution in [0.3, 0.4) is 0 Å². The smallest absolute Gasteiger partial charge is 0.339 e. The van der Waals surface area contributed by atoms with Gasteiger partial charge < -0.3 is 19.6 Å². The van der Waals surface area contributed by atoms with Crippen molar-refractivity contribution in [3.05, 3.63) is 18.0 Å². The zero-order chi connectivity index (χ0) is 11.1. The molecule has 1 aliphatic rings. The van der Waals surface area contributed by atoms with Crippen molar-refractivity contribution in [2.24, 2.45) is 0 Å². The van der Waals surface area contributed by atoms with E-state index in [4.69, 9.17) is 14.6 Å². The van der Waals surface area contributed by atoms with E-state index in [1.165, 1.54) is 12.4 Å². The summed E-state index contributed by atoms with van der Waals surface area (Å²) in [4.78, 5) is 18.0. The summed E-state index contributed by atoms with van der Waals surface area (Å²) in [5.41, 5.74) is 1.31. The van der Waals surface area contributed by atoms with E-state index in [0.29, 0.717) is 30.0 Å². The Labute approximate surface area is 89.8 Å². The molecule has 0 saturated heterocycles. The average molecular weight is 220 g/mol. The van der Waals surface area contributed by atoms with Crippen molar-refractivity contribution in [3.63, 3.8) is 0 Å². The second-order valence-electron chi connectivity index (χ2n) is 3.38. The van der Waals surface area contributed by atoms with E-state index < -0.39 is 5.97 Å². The number of nitrogens with one attached hydrogen (secondary N) is 1. The van der Waals surface area contributed by atoms with Gasteiger partial charge in [0.1, 0.15) is 24.3 Å². The summed E-state index contributed by atoms with van der Waals surface area (Å²) in [5.74, 6) is -0.376. The number of carbonyl (C=O) groups is 1. The largest absolute Gasteiger partial charge is 0.485 e. The molecule has 82 valence electrons. The number of hydrogen-bond acceptors (Lipinski definition) is 4. The lowest BCUT2D eigenvalue weighted by atomic mass is 10.1. The Morgan fingerprint density at radius 3 is 2.88 bits per heavy atom. The molecule has 1 aromatic carbocycles. The lowest BCUT2D eigenvalue weighted by Gasteiger charge is -2.20. The van der Waals surface area contributed by atoms with Crippen LogP contribution in [0.4, 0.5) is 0 Å². The summed E-state index contributed by atoms with van der Waals surface area (Å²) in [7, 11) is 0. The number of carboxylic acids is 1. The number of ether oxygens (including phenoxy) is 2. The van der Waals surface area contributed by atoms with Crippen molar-refractivity contribution < 1.29 is 19.4 Å². The van der Waals surface area contributed by atoms with Crippen LogP contribution in [0.2, 0.25) is 0 Å². The number of nitrogens with zero attached hydrogens (tertiary/aromatic N) is 1. The van der Waals surface area contributed by atoms with Gasteiger partial charge in [0.2, 0.25) is 0 Å². The Bertz CT molecular complexity index is 575. The maximum absolute atomic E-state index is 11.1. The number of fused-ring (bicyclic) bond motifs is 3. The van der Waals surface area contributed by atoms with Crippen LogP contribution in [-0.2, 0) is 0 Å². The molecule has 0 amide bonds. The summed E-state index contributed by atoms with van der Waals surface area (Å²) in [5, 5.41) is 9.07. The molecule has 2 heterocycles. The minimum atomic E-state index is -1.04. The number of aromatic carboxylic acids is 1. The van der Waals surface area contributed by atoms with Crippen LogP contribution in [0.1, 0.15) is 10.4 Å². The minimum Gasteiger partial charge on any atom is -0.485 e. The zero-order valence-electron chi connectivity index (χ0n) is 8.19. The van der Waals surface area contributed by atoms with Gasteiger partial charge in [-0.1, -0.05) is 0 Å². The van der Waals surface area contributed by atoms with Crippen molar-refractivity contribution in [3.8, 4) is 11.5 Å². The van der Waals surface area contributed by atoms with Crippen molar-refractivity contribution in [2.75, 3.05) is 13.2 Å². The molecule has 0 atom stereocenters. The number of rotatable bonds is 1. The number of benzene rings is 1. The average Bonchev–Trinajstić information content (AvgIpc) is 2.75. The molecule has 0 radical (unpaired) electrons. The van der Waals surface area contributed by atoms with E-state index in [9.17, 15) is 4.79 Å². The third-order valence-corrected chi connectivity index (χ3v) is 2.43. The predicted octanol–water partition coefficient (Wildman–Crippen LogP) is 1.03. The summed E-state index contributed by atoms with van der Waals surface area (Å²) in [6.45, 7) is 0.751. The first-order chi connectivity index (χ1) is 7.77. The normalized spacial score (nSPS) is 14.0. The number of aromatic amines is 1. The molecule has 6 heteroatoms. The van der Waals surface area contributed by atoms with Gasteiger partial charge in [-0.3, -0.25) is 0 Å². The molecule has 16 heavy (non-hydrogen) atoms. The van der Waals surface area contributed by atoms with Gasteiger partial charge in [0, 0.05) is 0 Å². The maximum atomic E-state index is 11.1. The topological polar surface area (TPSA) is 84.4 Å². The molecule has 0 unspecified atom stereocenters. The van der Waals surface area contributed by atoms with Crippen molar-refractivity contribution in [2.45, 2.75) is 0 Å². The molecular weight excluding hydrogens is 212 g/mol. The lowest BCUT2D eigenvalue weighted by molar-refractivity contribution is 0.0686. The molecule has 0 bridgehead atoms. The molecule has 3 rings (SSSR count). The quantitative estimate of drug-likeness (QED) is 0.749. The van der Waals surface area contributed by atoms with Crippen LogP contribution in [0.5, 0.6) is 11.5 Å². The first-order valence-corrected chi connectivity index (χ1v) is 4.76. The summed E-state index contributed by atoms with van der Waals surface area (Å²) < 4.78 is 10.7. The zero-order valence-corrected chi connectivity index (χ0v) is 8.19. The first-order valence-electron chi connectivity index (χ1n) is 4.76. The van der Waals surface area contributed by atoms with E-state index in [2.05, 4.69) is 9.97 Å². The number of hydrogen-bond donors (Lipinski definition) is 2. The van der Waals surface area contributed by atoms with E-state index in [1.807, 2.05) is 0 Å². The van der Waals surface area contributed by atoms with E-state index in [1.54, 1.807) is 0 Å². The van der Waals surface area contributed by atoms with Crippen LogP contribution in [-0.4, -0.2) is 34.3 Å². The Morgan fingerprint density at radius 2 is 2.12 bits per heavy atom. The van der Waals surface area contributed by atoms with Gasteiger partial charge in [-0.25, -0.2) is 9.78 Å². The lowest BCUT2D eigenvalue weighted by Crippen LogP contribution is -2.18. The van der Waals surface area contributed by atoms with Gasteiger partial charge in [-0.15, -0.1) is 0 Å². The van der Waals surface area contributed by atoms with Crippen molar-refractivity contribution in [1.82, 2.24) is 9.97 Å². The Morgan fingerprint density at radius 1 is 1.38 bits per heavy atom. The standard InChI is InChI=1S/C10H8N2O4/c13-10(14)5-3-6-7(12-4-11-6)9-8(5)15-1-2-16-9/h3-4H,1-2H2,(H,11,12)(H,13,14). The van der Waals surface area contributed by atoms with Gasteiger partial charge in [-0.2, -0.15) is 0 Å². The van der Waals surface area contributed by atoms with Gasteiger partial charge in [0.25, 0.3) is 0 Å². The van der Waals surface area contributed by atoms with E-state index in [0.717, 1.165) is 0 Å². The van der Waals surface area contributed by atoms with Gasteiger partial charge in [0.15, 0.2) is 11.5 Å². The monoisotopic (exact) mass is 220 g/mol. The highest BCUT2D eigenvalue weighted by atomic mass is 16.6. The molecule has 6 nitrogen and oxygen atoms in total. The van der Waals surface area contributed by atoms with Gasteiger partial charge >= 0.3 is 5.97 Å². The SMILES string of the molecule is O=C(O)c1cc2[nH]cnc2c2c1OCCO2. The molecule has 1 aliphatic heterocycles. The molecule has 2 N–H and O–H groups in total. The summed E-state index contributed by atoms with van der Waals surface area (Å²) >= 11 is 0. The second-order valence-corrected chi connectivity index (χ2v) is 3.38. The van der Waals surface area contributed by atoms with Crippen LogP contribution in [0.25, 0.3) is 11.0 Å². The molecule has 0 aliphatic carbocycles. The molecule has 2 aromatic rings. The maximum Gasteiger partial charge on any atom is 0.339 e. The summed E-state index contributed by atoms with van der Waals surface area (Å²) in [6.07, 6.45) is 1.49. The highest BCUT2D eigenvalue weighted by Gasteiger charge is 2.24. The van der Waals surface area contributed by atoms with Gasteiger partial charge in [0.05, 0.1) is 11.8 Å². The van der Waals surface area contributed by atoms with Crippen molar-refractivity contribution in [1.29, 1.82) is 0 Å². The molecule has 0 spiro atoms. The Kier molecular flexibility index (Phi) is 1.76. The van der Waals surface area contributed by atoms with Crippen LogP contribution in [0, 0.1) is 0 Å². The number of H-pyrrole nitrogens is 1. The number of carboxylic acid groups (broad SMARTS) is 1. The van der Waals surface area contributed by atoms with Crippen molar-refractivity contribution >= 4 is 17.0 Å². The fraction of sp³-hybridized carbons (Fsp3) is 0.200. The molecule has 0 fully saturated rings. The molecule has 0 saturated carbocycles. The molecular formula is C10H8N2O4. The minimum absolute atomic E-state index is 0.0893. The molecule has 1 aromatic heterocycles. The highest BCUT2D eigenvalue weighted by Crippen LogP contribution is 2.39. The Hall–Kier alpha value is -2.24. The summed E-state index contributed by atoms with van der Waals surface area (Å²) in [6, 6.07) is 1.50. The van der Waals surface area contributed by atoms with Crippen LogP contribution >= 0.6 is 0 Å². The Balaban J connectivity index is 2.37. The fourth-order valence-corrected chi connectivity index (χ4v) is 1.76. The third kappa shape index (κ3) is 1.13. The van der Waals surface area contributed by atoms with Crippen LogP contribution < -0.4 is 9.47 Å². The highest BCUT2D eigenvalue weighted by molar-refractivity contribution is 5.99. The number of imidazole rings is 1. The second kappa shape index (κ2) is 3.13. The first kappa shape index (κ1) is 9.02. The van der Waals surface area contributed by atoms with E-state index in [-0.39, 0.29) is 11.3 Å². The van der Waals surface area contributed by atoms with Crippen LogP contribution in [0.15, 0.2) is 12.4 Å². The van der Waals surface area contributed by atoms with Gasteiger partial charge in [-0.05, 0) is 6.07 Å². The van der Waals surface area contributed by atoms with E-state index >= 15 is 0 Å². The number of aromatic nitrogens is 2.